The summed E-state index contributed by atoms with van der Waals surface area (Å²) >= 11 is 0. The van der Waals surface area contributed by atoms with Gasteiger partial charge < -0.3 is 10.1 Å². The highest BCUT2D eigenvalue weighted by atomic mass is 32.2. The van der Waals surface area contributed by atoms with Crippen LogP contribution in [0.2, 0.25) is 0 Å². The zero-order chi connectivity index (χ0) is 29.8. The normalized spacial score (nSPS) is 22.2. The van der Waals surface area contributed by atoms with E-state index >= 15 is 8.78 Å². The van der Waals surface area contributed by atoms with Crippen LogP contribution in [0.3, 0.4) is 0 Å². The highest BCUT2D eigenvalue weighted by Gasteiger charge is 2.46. The molecule has 1 N–H and O–H groups in total. The fourth-order valence-electron chi connectivity index (χ4n) is 6.51. The number of halogens is 3. The monoisotopic (exact) mass is 598 g/mol. The molecule has 3 aromatic heterocycles. The third kappa shape index (κ3) is 4.81. The van der Waals surface area contributed by atoms with Crippen LogP contribution in [0, 0.1) is 42.1 Å². The SMILES string of the molecule is COC(=O)[C@@H]1C2CCCC(CC2)[C@H]1Nc1nc(-c2cn(S(=O)(=O)c3ccc(C)cc3)c3ncc(F)cc23)c(F)cc1F. The Kier molecular flexibility index (Phi) is 7.20. The Balaban J connectivity index is 1.47. The van der Waals surface area contributed by atoms with E-state index in [9.17, 15) is 17.6 Å². The summed E-state index contributed by atoms with van der Waals surface area (Å²) in [4.78, 5) is 21.0. The minimum Gasteiger partial charge on any atom is -0.469 e. The molecule has 220 valence electrons. The van der Waals surface area contributed by atoms with Crippen LogP contribution in [-0.2, 0) is 19.6 Å². The minimum absolute atomic E-state index is 0.0180. The molecular weight excluding hydrogens is 569 g/mol. The first-order valence-corrected chi connectivity index (χ1v) is 15.2. The van der Waals surface area contributed by atoms with Gasteiger partial charge in [0.2, 0.25) is 0 Å². The van der Waals surface area contributed by atoms with Crippen LogP contribution in [-0.4, -0.2) is 41.5 Å². The van der Waals surface area contributed by atoms with E-state index in [2.05, 4.69) is 15.3 Å². The number of carbonyl (C=O) groups is 1. The highest BCUT2D eigenvalue weighted by Crippen LogP contribution is 2.45. The van der Waals surface area contributed by atoms with E-state index in [1.165, 1.54) is 19.2 Å². The molecule has 4 aromatic rings. The van der Waals surface area contributed by atoms with Crippen molar-refractivity contribution in [2.24, 2.45) is 17.8 Å². The number of ether oxygens (including phenoxy) is 1. The Hall–Kier alpha value is -3.93. The number of benzene rings is 1. The number of anilines is 1. The van der Waals surface area contributed by atoms with Crippen molar-refractivity contribution >= 4 is 32.8 Å². The topological polar surface area (TPSA) is 103 Å². The van der Waals surface area contributed by atoms with Crippen molar-refractivity contribution in [3.8, 4) is 11.3 Å². The van der Waals surface area contributed by atoms with E-state index in [4.69, 9.17) is 4.74 Å². The first-order valence-electron chi connectivity index (χ1n) is 13.8. The Labute approximate surface area is 241 Å². The van der Waals surface area contributed by atoms with Gasteiger partial charge in [-0.1, -0.05) is 24.1 Å². The average Bonchev–Trinajstić information content (AvgIpc) is 3.08. The molecule has 12 heteroatoms. The smallest absolute Gasteiger partial charge is 0.311 e. The number of methoxy groups -OCH3 is 1. The van der Waals surface area contributed by atoms with Gasteiger partial charge in [-0.05, 0) is 62.6 Å². The first kappa shape index (κ1) is 28.2. The van der Waals surface area contributed by atoms with Gasteiger partial charge in [-0.2, -0.15) is 0 Å². The third-order valence-electron chi connectivity index (χ3n) is 8.58. The van der Waals surface area contributed by atoms with Crippen LogP contribution >= 0.6 is 0 Å². The molecule has 0 radical (unpaired) electrons. The summed E-state index contributed by atoms with van der Waals surface area (Å²) in [6, 6.07) is 7.32. The standard InChI is InChI=1S/C30H29F3N4O4S/c1-16-6-10-20(11-7-16)42(39,40)37-15-22(21-12-19(31)14-34-29(21)37)27-23(32)13-24(33)28(36-27)35-26-18-5-3-4-17(8-9-18)25(26)30(38)41-2/h6-7,10-15,17-18,25-26H,3-5,8-9H2,1-2H3,(H,35,36)/t17?,18?,25-,26-/m1/s1. The fraction of sp³-hybridized carbons (Fsp3) is 0.367. The maximum Gasteiger partial charge on any atom is 0.311 e. The van der Waals surface area contributed by atoms with Crippen LogP contribution in [0.1, 0.15) is 37.7 Å². The molecule has 0 aliphatic heterocycles. The van der Waals surface area contributed by atoms with E-state index < -0.39 is 45.4 Å². The van der Waals surface area contributed by atoms with Crippen LogP contribution in [0.25, 0.3) is 22.3 Å². The second-order valence-corrected chi connectivity index (χ2v) is 12.9. The average molecular weight is 599 g/mol. The maximum atomic E-state index is 15.4. The van der Waals surface area contributed by atoms with Crippen molar-refractivity contribution < 1.29 is 31.1 Å². The Morgan fingerprint density at radius 3 is 2.48 bits per heavy atom. The molecule has 3 aliphatic carbocycles. The van der Waals surface area contributed by atoms with E-state index in [1.54, 1.807) is 12.1 Å². The molecule has 1 aromatic carbocycles. The zero-order valence-electron chi connectivity index (χ0n) is 23.0. The van der Waals surface area contributed by atoms with Gasteiger partial charge in [-0.15, -0.1) is 0 Å². The first-order chi connectivity index (χ1) is 20.1. The van der Waals surface area contributed by atoms with Crippen LogP contribution in [0.15, 0.2) is 53.7 Å². The van der Waals surface area contributed by atoms with Gasteiger partial charge in [0.25, 0.3) is 10.0 Å². The Morgan fingerprint density at radius 2 is 1.74 bits per heavy atom. The zero-order valence-corrected chi connectivity index (χ0v) is 23.8. The molecule has 3 heterocycles. The van der Waals surface area contributed by atoms with Crippen LogP contribution in [0.5, 0.6) is 0 Å². The van der Waals surface area contributed by atoms with Gasteiger partial charge in [0.15, 0.2) is 23.1 Å². The van der Waals surface area contributed by atoms with Crippen molar-refractivity contribution in [3.63, 3.8) is 0 Å². The summed E-state index contributed by atoms with van der Waals surface area (Å²) in [5, 5.41) is 3.06. The van der Waals surface area contributed by atoms with Gasteiger partial charge in [0, 0.05) is 29.3 Å². The molecule has 8 nitrogen and oxygen atoms in total. The lowest BCUT2D eigenvalue weighted by atomic mass is 9.71. The van der Waals surface area contributed by atoms with Crippen molar-refractivity contribution in [3.05, 3.63) is 71.8 Å². The third-order valence-corrected chi connectivity index (χ3v) is 10.2. The lowest BCUT2D eigenvalue weighted by Gasteiger charge is -2.39. The van der Waals surface area contributed by atoms with Gasteiger partial charge in [0.05, 0.1) is 24.1 Å². The van der Waals surface area contributed by atoms with Crippen molar-refractivity contribution in [1.29, 1.82) is 0 Å². The summed E-state index contributed by atoms with van der Waals surface area (Å²) in [6.45, 7) is 1.81. The lowest BCUT2D eigenvalue weighted by molar-refractivity contribution is -0.149. The largest absolute Gasteiger partial charge is 0.469 e. The Morgan fingerprint density at radius 1 is 1.02 bits per heavy atom. The number of aromatic nitrogens is 3. The van der Waals surface area contributed by atoms with E-state index in [-0.39, 0.29) is 44.8 Å². The minimum atomic E-state index is -4.23. The number of hydrogen-bond donors (Lipinski definition) is 1. The molecule has 3 saturated carbocycles. The highest BCUT2D eigenvalue weighted by molar-refractivity contribution is 7.90. The number of nitrogens with one attached hydrogen (secondary N) is 1. The maximum absolute atomic E-state index is 15.4. The molecule has 3 aliphatic rings. The molecule has 42 heavy (non-hydrogen) atoms. The number of carbonyl (C=O) groups excluding carboxylic acids is 1. The van der Waals surface area contributed by atoms with Gasteiger partial charge >= 0.3 is 5.97 Å². The number of rotatable bonds is 6. The number of aryl methyl sites for hydroxylation is 1. The van der Waals surface area contributed by atoms with Gasteiger partial charge in [0.1, 0.15) is 11.5 Å². The van der Waals surface area contributed by atoms with Crippen LogP contribution in [0.4, 0.5) is 19.0 Å². The van der Waals surface area contributed by atoms with E-state index in [0.29, 0.717) is 6.07 Å². The van der Waals surface area contributed by atoms with E-state index in [0.717, 1.165) is 60.1 Å². The number of hydrogen-bond acceptors (Lipinski definition) is 7. The van der Waals surface area contributed by atoms with Gasteiger partial charge in [-0.25, -0.2) is 35.5 Å². The molecule has 2 bridgehead atoms. The predicted octanol–water partition coefficient (Wildman–Crippen LogP) is 5.84. The predicted molar refractivity (Wildman–Crippen MR) is 150 cm³/mol. The summed E-state index contributed by atoms with van der Waals surface area (Å²) in [5.41, 5.74) is 0.239. The second-order valence-electron chi connectivity index (χ2n) is 11.1. The Bertz CT molecular complexity index is 1790. The molecule has 4 atom stereocenters. The van der Waals surface area contributed by atoms with Gasteiger partial charge in [-0.3, -0.25) is 4.79 Å². The number of pyridine rings is 2. The summed E-state index contributed by atoms with van der Waals surface area (Å²) < 4.78 is 78.1. The fourth-order valence-corrected chi connectivity index (χ4v) is 7.84. The number of esters is 1. The molecule has 0 saturated heterocycles. The molecule has 0 amide bonds. The van der Waals surface area contributed by atoms with E-state index in [1.807, 2.05) is 6.92 Å². The summed E-state index contributed by atoms with van der Waals surface area (Å²) in [7, 11) is -2.91. The van der Waals surface area contributed by atoms with Crippen molar-refractivity contribution in [2.75, 3.05) is 12.4 Å². The van der Waals surface area contributed by atoms with Crippen molar-refractivity contribution in [2.45, 2.75) is 50.0 Å². The second kappa shape index (κ2) is 10.7. The molecule has 3 fully saturated rings. The molecule has 2 unspecified atom stereocenters. The lowest BCUT2D eigenvalue weighted by Crippen LogP contribution is -2.47. The quantitative estimate of drug-likeness (QED) is 0.278. The number of nitrogens with zero attached hydrogens (tertiary/aromatic N) is 3. The number of fused-ring (bicyclic) bond motifs is 5. The summed E-state index contributed by atoms with van der Waals surface area (Å²) in [6.07, 6.45) is 6.31. The molecule has 7 rings (SSSR count). The summed E-state index contributed by atoms with van der Waals surface area (Å²) in [5.74, 6) is -3.89. The van der Waals surface area contributed by atoms with Crippen molar-refractivity contribution in [1.82, 2.24) is 13.9 Å². The van der Waals surface area contributed by atoms with Crippen LogP contribution < -0.4 is 5.32 Å². The molecular formula is C30H29F3N4O4S. The molecule has 0 spiro atoms.